The summed E-state index contributed by atoms with van der Waals surface area (Å²) in [4.78, 5) is 13.2. The second kappa shape index (κ2) is 6.80. The number of benzene rings is 1. The van der Waals surface area contributed by atoms with Crippen molar-refractivity contribution in [2.75, 3.05) is 13.1 Å². The van der Waals surface area contributed by atoms with Gasteiger partial charge in [-0.3, -0.25) is 4.79 Å². The van der Waals surface area contributed by atoms with Crippen LogP contribution in [0.15, 0.2) is 47.5 Å². The van der Waals surface area contributed by atoms with Crippen LogP contribution in [-0.4, -0.2) is 36.3 Å². The van der Waals surface area contributed by atoms with Gasteiger partial charge in [0.2, 0.25) is 10.0 Å². The van der Waals surface area contributed by atoms with Crippen LogP contribution in [0.2, 0.25) is 0 Å². The molecule has 1 aromatic carbocycles. The predicted molar refractivity (Wildman–Crippen MR) is 103 cm³/mol. The fourth-order valence-corrected chi connectivity index (χ4v) is 5.62. The lowest BCUT2D eigenvalue weighted by molar-refractivity contribution is 0.0815. The number of amides is 1. The van der Waals surface area contributed by atoms with E-state index in [2.05, 4.69) is 5.32 Å². The first-order chi connectivity index (χ1) is 12.9. The van der Waals surface area contributed by atoms with E-state index in [1.54, 1.807) is 17.8 Å². The van der Waals surface area contributed by atoms with Gasteiger partial charge in [-0.1, -0.05) is 30.3 Å². The molecule has 1 amide bonds. The van der Waals surface area contributed by atoms with Gasteiger partial charge in [-0.05, 0) is 43.7 Å². The maximum atomic E-state index is 13.0. The predicted octanol–water partition coefficient (Wildman–Crippen LogP) is 2.62. The third kappa shape index (κ3) is 3.19. The summed E-state index contributed by atoms with van der Waals surface area (Å²) in [5.41, 5.74) is 1.12. The van der Waals surface area contributed by atoms with E-state index in [1.165, 1.54) is 10.4 Å². The van der Waals surface area contributed by atoms with E-state index in [9.17, 15) is 13.2 Å². The molecule has 6 nitrogen and oxygen atoms in total. The first kappa shape index (κ1) is 18.3. The summed E-state index contributed by atoms with van der Waals surface area (Å²) in [6.07, 6.45) is 6.17. The highest BCUT2D eigenvalue weighted by molar-refractivity contribution is 7.89. The Balaban J connectivity index is 1.59. The first-order valence-corrected chi connectivity index (χ1v) is 10.9. The van der Waals surface area contributed by atoms with Crippen LogP contribution in [0, 0.1) is 0 Å². The van der Waals surface area contributed by atoms with Gasteiger partial charge in [0.25, 0.3) is 5.91 Å². The average molecular weight is 388 g/mol. The monoisotopic (exact) mass is 387 g/mol. The van der Waals surface area contributed by atoms with Crippen LogP contribution in [-0.2, 0) is 22.6 Å². The Hall–Kier alpha value is -2.12. The maximum absolute atomic E-state index is 13.0. The minimum atomic E-state index is -3.53. The van der Waals surface area contributed by atoms with E-state index >= 15 is 0 Å². The Morgan fingerprint density at radius 3 is 2.33 bits per heavy atom. The van der Waals surface area contributed by atoms with E-state index in [-0.39, 0.29) is 16.3 Å². The van der Waals surface area contributed by atoms with E-state index in [1.807, 2.05) is 30.3 Å². The normalized spacial score (nSPS) is 19.6. The van der Waals surface area contributed by atoms with Gasteiger partial charge < -0.3 is 9.88 Å². The van der Waals surface area contributed by atoms with Crippen molar-refractivity contribution in [3.05, 3.63) is 53.9 Å². The molecule has 1 saturated heterocycles. The molecule has 1 aliphatic heterocycles. The number of aromatic nitrogens is 1. The number of carbonyl (C=O) groups excluding carboxylic acids is 1. The summed E-state index contributed by atoms with van der Waals surface area (Å²) < 4.78 is 28.7. The Kier molecular flexibility index (Phi) is 4.60. The lowest BCUT2D eigenvalue weighted by Gasteiger charge is -2.43. The first-order valence-electron chi connectivity index (χ1n) is 9.47. The third-order valence-corrected chi connectivity index (χ3v) is 7.67. The molecule has 0 spiro atoms. The second-order valence-corrected chi connectivity index (χ2v) is 9.48. The SMILES string of the molecule is Cn1cc(S(=O)(=O)N2CCCC2)cc1C(=O)NC1(c2ccccc2)CCC1. The van der Waals surface area contributed by atoms with Crippen LogP contribution in [0.5, 0.6) is 0 Å². The molecule has 0 bridgehead atoms. The van der Waals surface area contributed by atoms with Gasteiger partial charge >= 0.3 is 0 Å². The van der Waals surface area contributed by atoms with Gasteiger partial charge in [0.05, 0.1) is 5.54 Å². The van der Waals surface area contributed by atoms with Crippen LogP contribution in [0.25, 0.3) is 0 Å². The van der Waals surface area contributed by atoms with Crippen molar-refractivity contribution < 1.29 is 13.2 Å². The summed E-state index contributed by atoms with van der Waals surface area (Å²) >= 11 is 0. The number of nitrogens with zero attached hydrogens (tertiary/aromatic N) is 2. The van der Waals surface area contributed by atoms with Crippen LogP contribution in [0.1, 0.15) is 48.2 Å². The summed E-state index contributed by atoms with van der Waals surface area (Å²) in [5.74, 6) is -0.232. The summed E-state index contributed by atoms with van der Waals surface area (Å²) in [7, 11) is -1.81. The molecule has 27 heavy (non-hydrogen) atoms. The van der Waals surface area contributed by atoms with Crippen LogP contribution in [0.3, 0.4) is 0 Å². The lowest BCUT2D eigenvalue weighted by Crippen LogP contribution is -2.51. The molecule has 0 radical (unpaired) electrons. The number of hydrogen-bond acceptors (Lipinski definition) is 3. The smallest absolute Gasteiger partial charge is 0.268 e. The zero-order chi connectivity index (χ0) is 19.1. The minimum absolute atomic E-state index is 0.194. The Morgan fingerprint density at radius 1 is 1.07 bits per heavy atom. The quantitative estimate of drug-likeness (QED) is 0.857. The number of hydrogen-bond donors (Lipinski definition) is 1. The third-order valence-electron chi connectivity index (χ3n) is 5.80. The maximum Gasteiger partial charge on any atom is 0.268 e. The van der Waals surface area contributed by atoms with E-state index in [0.717, 1.165) is 37.7 Å². The molecule has 1 aliphatic carbocycles. The Bertz CT molecular complexity index is 940. The number of aryl methyl sites for hydroxylation is 1. The molecule has 2 heterocycles. The standard InChI is InChI=1S/C20H25N3O3S/c1-22-15-17(27(25,26)23-12-5-6-13-23)14-18(22)19(24)21-20(10-7-11-20)16-8-3-2-4-9-16/h2-4,8-9,14-15H,5-7,10-13H2,1H3,(H,21,24). The van der Waals surface area contributed by atoms with Crippen molar-refractivity contribution in [3.63, 3.8) is 0 Å². The molecule has 2 fully saturated rings. The number of sulfonamides is 1. The summed E-state index contributed by atoms with van der Waals surface area (Å²) in [6.45, 7) is 1.10. The van der Waals surface area contributed by atoms with Crippen LogP contribution >= 0.6 is 0 Å². The molecule has 2 aromatic rings. The van der Waals surface area contributed by atoms with Gasteiger partial charge in [-0.2, -0.15) is 4.31 Å². The minimum Gasteiger partial charge on any atom is -0.345 e. The van der Waals surface area contributed by atoms with Crippen LogP contribution in [0.4, 0.5) is 0 Å². The molecule has 0 unspecified atom stereocenters. The number of rotatable bonds is 5. The molecular formula is C20H25N3O3S. The van der Waals surface area contributed by atoms with Crippen molar-refractivity contribution >= 4 is 15.9 Å². The molecule has 0 atom stereocenters. The largest absolute Gasteiger partial charge is 0.345 e. The highest BCUT2D eigenvalue weighted by Crippen LogP contribution is 2.41. The van der Waals surface area contributed by atoms with Crippen molar-refractivity contribution in [2.24, 2.45) is 7.05 Å². The summed E-state index contributed by atoms with van der Waals surface area (Å²) in [5, 5.41) is 3.17. The van der Waals surface area contributed by atoms with Gasteiger partial charge in [0.1, 0.15) is 10.6 Å². The summed E-state index contributed by atoms with van der Waals surface area (Å²) in [6, 6.07) is 11.5. The van der Waals surface area contributed by atoms with Gasteiger partial charge in [0, 0.05) is 26.3 Å². The molecule has 1 aromatic heterocycles. The topological polar surface area (TPSA) is 71.4 Å². The van der Waals surface area contributed by atoms with Gasteiger partial charge in [-0.15, -0.1) is 0 Å². The molecule has 7 heteroatoms. The Labute approximate surface area is 160 Å². The van der Waals surface area contributed by atoms with Crippen molar-refractivity contribution in [2.45, 2.75) is 42.5 Å². The molecule has 144 valence electrons. The number of carbonyl (C=O) groups is 1. The highest BCUT2D eigenvalue weighted by atomic mass is 32.2. The lowest BCUT2D eigenvalue weighted by atomic mass is 9.71. The van der Waals surface area contributed by atoms with E-state index in [0.29, 0.717) is 18.8 Å². The van der Waals surface area contributed by atoms with Crippen molar-refractivity contribution in [3.8, 4) is 0 Å². The van der Waals surface area contributed by atoms with Gasteiger partial charge in [0.15, 0.2) is 0 Å². The van der Waals surface area contributed by atoms with Gasteiger partial charge in [-0.25, -0.2) is 8.42 Å². The zero-order valence-corrected chi connectivity index (χ0v) is 16.3. The Morgan fingerprint density at radius 2 is 1.74 bits per heavy atom. The van der Waals surface area contributed by atoms with E-state index < -0.39 is 10.0 Å². The average Bonchev–Trinajstić information content (AvgIpc) is 3.29. The molecule has 2 aliphatic rings. The van der Waals surface area contributed by atoms with Crippen LogP contribution < -0.4 is 5.32 Å². The highest BCUT2D eigenvalue weighted by Gasteiger charge is 2.40. The second-order valence-electron chi connectivity index (χ2n) is 7.54. The fourth-order valence-electron chi connectivity index (χ4n) is 4.03. The molecule has 1 N–H and O–H groups in total. The molecular weight excluding hydrogens is 362 g/mol. The molecule has 4 rings (SSSR count). The van der Waals surface area contributed by atoms with Crippen molar-refractivity contribution in [1.82, 2.24) is 14.2 Å². The fraction of sp³-hybridized carbons (Fsp3) is 0.450. The zero-order valence-electron chi connectivity index (χ0n) is 15.5. The van der Waals surface area contributed by atoms with Crippen molar-refractivity contribution in [1.29, 1.82) is 0 Å². The molecule has 1 saturated carbocycles. The van der Waals surface area contributed by atoms with E-state index in [4.69, 9.17) is 0 Å². The number of nitrogens with one attached hydrogen (secondary N) is 1.